The van der Waals surface area contributed by atoms with Gasteiger partial charge in [0.2, 0.25) is 0 Å². The molecule has 0 saturated heterocycles. The summed E-state index contributed by atoms with van der Waals surface area (Å²) in [7, 11) is 0. The highest BCUT2D eigenvalue weighted by Gasteiger charge is 2.30. The molecule has 1 heterocycles. The van der Waals surface area contributed by atoms with Crippen molar-refractivity contribution in [3.8, 4) is 11.5 Å². The number of aromatic nitrogens is 1. The van der Waals surface area contributed by atoms with Gasteiger partial charge in [0.05, 0.1) is 11.6 Å². The number of pyridine rings is 1. The van der Waals surface area contributed by atoms with Crippen LogP contribution in [0.2, 0.25) is 0 Å². The molecule has 2 aromatic rings. The average molecular weight is 340 g/mol. The fraction of sp³-hybridized carbons (Fsp3) is 0.353. The zero-order chi connectivity index (χ0) is 18.1. The van der Waals surface area contributed by atoms with E-state index in [0.717, 1.165) is 17.8 Å². The van der Waals surface area contributed by atoms with Gasteiger partial charge < -0.3 is 9.94 Å². The van der Waals surface area contributed by atoms with Crippen molar-refractivity contribution >= 4 is 0 Å². The molecule has 0 amide bonds. The van der Waals surface area contributed by atoms with Gasteiger partial charge >= 0.3 is 6.18 Å². The van der Waals surface area contributed by atoms with E-state index < -0.39 is 17.8 Å². The van der Waals surface area contributed by atoms with Crippen molar-refractivity contribution in [2.24, 2.45) is 0 Å². The number of hydrogen-bond donors (Lipinski definition) is 2. The lowest BCUT2D eigenvalue weighted by Gasteiger charge is -2.19. The van der Waals surface area contributed by atoms with Gasteiger partial charge in [-0.05, 0) is 52.0 Å². The summed E-state index contributed by atoms with van der Waals surface area (Å²) < 4.78 is 37.6. The Morgan fingerprint density at radius 1 is 1.08 bits per heavy atom. The molecule has 2 N–H and O–H groups in total. The van der Waals surface area contributed by atoms with Gasteiger partial charge in [-0.15, -0.1) is 5.48 Å². The molecule has 1 aromatic heterocycles. The predicted octanol–water partition coefficient (Wildman–Crippen LogP) is 4.38. The Balaban J connectivity index is 2.11. The normalized spacial score (nSPS) is 13.0. The smallest absolute Gasteiger partial charge is 0.416 e. The van der Waals surface area contributed by atoms with E-state index in [2.05, 4.69) is 10.5 Å². The summed E-state index contributed by atoms with van der Waals surface area (Å²) in [6.45, 7) is 7.12. The number of hydrogen-bond acceptors (Lipinski definition) is 4. The topological polar surface area (TPSA) is 54.4 Å². The van der Waals surface area contributed by atoms with Gasteiger partial charge in [0.1, 0.15) is 11.5 Å². The van der Waals surface area contributed by atoms with Crippen LogP contribution in [0.3, 0.4) is 0 Å². The molecule has 0 fully saturated rings. The van der Waals surface area contributed by atoms with Crippen LogP contribution in [0.5, 0.6) is 11.5 Å². The lowest BCUT2D eigenvalue weighted by Crippen LogP contribution is -2.24. The first-order valence-electron chi connectivity index (χ1n) is 7.37. The van der Waals surface area contributed by atoms with Crippen LogP contribution in [0, 0.1) is 20.8 Å². The average Bonchev–Trinajstić information content (AvgIpc) is 2.50. The summed E-state index contributed by atoms with van der Waals surface area (Å²) in [5.74, 6) is 0.375. The number of halogens is 3. The SMILES string of the molecule is Cc1nc(C)c(C(C)NOc2ccc(C(F)(F)F)cc2)c(O)c1C. The molecule has 130 valence electrons. The third-order valence-corrected chi connectivity index (χ3v) is 3.85. The van der Waals surface area contributed by atoms with E-state index in [-0.39, 0.29) is 11.5 Å². The van der Waals surface area contributed by atoms with E-state index in [1.807, 2.05) is 6.92 Å². The molecule has 24 heavy (non-hydrogen) atoms. The van der Waals surface area contributed by atoms with Crippen molar-refractivity contribution in [2.45, 2.75) is 39.9 Å². The van der Waals surface area contributed by atoms with Crippen molar-refractivity contribution in [2.75, 3.05) is 0 Å². The van der Waals surface area contributed by atoms with Crippen LogP contribution in [0.25, 0.3) is 0 Å². The second kappa shape index (κ2) is 6.68. The Morgan fingerprint density at radius 3 is 2.21 bits per heavy atom. The van der Waals surface area contributed by atoms with Gasteiger partial charge in [-0.3, -0.25) is 4.98 Å². The monoisotopic (exact) mass is 340 g/mol. The first kappa shape index (κ1) is 18.1. The van der Waals surface area contributed by atoms with Crippen LogP contribution >= 0.6 is 0 Å². The summed E-state index contributed by atoms with van der Waals surface area (Å²) >= 11 is 0. The lowest BCUT2D eigenvalue weighted by molar-refractivity contribution is -0.137. The second-order valence-electron chi connectivity index (χ2n) is 5.63. The first-order chi connectivity index (χ1) is 11.1. The molecule has 7 heteroatoms. The molecule has 0 saturated carbocycles. The molecular formula is C17H19F3N2O2. The van der Waals surface area contributed by atoms with Crippen LogP contribution in [0.4, 0.5) is 13.2 Å². The molecule has 0 aliphatic heterocycles. The summed E-state index contributed by atoms with van der Waals surface area (Å²) in [4.78, 5) is 9.68. The Labute approximate surface area is 138 Å². The lowest BCUT2D eigenvalue weighted by atomic mass is 10.0. The molecule has 0 radical (unpaired) electrons. The quantitative estimate of drug-likeness (QED) is 0.811. The number of benzene rings is 1. The van der Waals surface area contributed by atoms with Gasteiger partial charge in [0.15, 0.2) is 0 Å². The van der Waals surface area contributed by atoms with Gasteiger partial charge in [-0.25, -0.2) is 0 Å². The molecular weight excluding hydrogens is 321 g/mol. The minimum Gasteiger partial charge on any atom is -0.507 e. The maximum atomic E-state index is 12.5. The molecule has 0 bridgehead atoms. The largest absolute Gasteiger partial charge is 0.507 e. The van der Waals surface area contributed by atoms with Crippen LogP contribution in [0.1, 0.15) is 41.0 Å². The molecule has 0 aliphatic carbocycles. The maximum Gasteiger partial charge on any atom is 0.416 e. The van der Waals surface area contributed by atoms with E-state index in [1.54, 1.807) is 20.8 Å². The van der Waals surface area contributed by atoms with Crippen LogP contribution in [0.15, 0.2) is 24.3 Å². The van der Waals surface area contributed by atoms with Crippen molar-refractivity contribution in [3.05, 3.63) is 52.3 Å². The second-order valence-corrected chi connectivity index (χ2v) is 5.63. The summed E-state index contributed by atoms with van der Waals surface area (Å²) in [5.41, 5.74) is 4.65. The Morgan fingerprint density at radius 2 is 1.67 bits per heavy atom. The zero-order valence-corrected chi connectivity index (χ0v) is 13.8. The highest BCUT2D eigenvalue weighted by Crippen LogP contribution is 2.32. The molecule has 1 aromatic carbocycles. The van der Waals surface area contributed by atoms with E-state index in [9.17, 15) is 18.3 Å². The minimum atomic E-state index is -4.38. The predicted molar refractivity (Wildman–Crippen MR) is 83.7 cm³/mol. The third-order valence-electron chi connectivity index (χ3n) is 3.85. The number of alkyl halides is 3. The minimum absolute atomic E-state index is 0.135. The van der Waals surface area contributed by atoms with Gasteiger partial charge in [-0.1, -0.05) is 0 Å². The van der Waals surface area contributed by atoms with Crippen molar-refractivity contribution in [3.63, 3.8) is 0 Å². The van der Waals surface area contributed by atoms with E-state index in [1.165, 1.54) is 12.1 Å². The fourth-order valence-electron chi connectivity index (χ4n) is 2.39. The Kier molecular flexibility index (Phi) is 5.03. The van der Waals surface area contributed by atoms with Crippen LogP contribution in [-0.2, 0) is 6.18 Å². The molecule has 0 spiro atoms. The van der Waals surface area contributed by atoms with E-state index >= 15 is 0 Å². The number of nitrogens with zero attached hydrogens (tertiary/aromatic N) is 1. The van der Waals surface area contributed by atoms with Gasteiger partial charge in [0.25, 0.3) is 0 Å². The zero-order valence-electron chi connectivity index (χ0n) is 13.8. The maximum absolute atomic E-state index is 12.5. The van der Waals surface area contributed by atoms with Gasteiger partial charge in [-0.2, -0.15) is 13.2 Å². The summed E-state index contributed by atoms with van der Waals surface area (Å²) in [5, 5.41) is 10.3. The Hall–Kier alpha value is -2.28. The molecule has 1 unspecified atom stereocenters. The summed E-state index contributed by atoms with van der Waals surface area (Å²) in [6, 6.07) is 3.95. The third kappa shape index (κ3) is 3.79. The highest BCUT2D eigenvalue weighted by atomic mass is 19.4. The number of aryl methyl sites for hydroxylation is 2. The van der Waals surface area contributed by atoms with E-state index in [0.29, 0.717) is 16.8 Å². The highest BCUT2D eigenvalue weighted by molar-refractivity contribution is 5.45. The fourth-order valence-corrected chi connectivity index (χ4v) is 2.39. The standard InChI is InChI=1S/C17H19F3N2O2/c1-9-10(2)21-11(3)15(16(9)23)12(4)22-24-14-7-5-13(6-8-14)17(18,19)20/h5-8,12,22H,1-4H3,(H,21,23). The number of hydroxylamine groups is 1. The molecule has 2 rings (SSSR count). The number of nitrogens with one attached hydrogen (secondary N) is 1. The molecule has 1 atom stereocenters. The number of aromatic hydroxyl groups is 1. The molecule has 0 aliphatic rings. The van der Waals surface area contributed by atoms with Crippen molar-refractivity contribution in [1.82, 2.24) is 10.5 Å². The van der Waals surface area contributed by atoms with Crippen LogP contribution in [-0.4, -0.2) is 10.1 Å². The Bertz CT molecular complexity index is 728. The number of rotatable bonds is 4. The summed E-state index contributed by atoms with van der Waals surface area (Å²) in [6.07, 6.45) is -4.38. The van der Waals surface area contributed by atoms with Crippen LogP contribution < -0.4 is 10.3 Å². The van der Waals surface area contributed by atoms with Gasteiger partial charge in [0, 0.05) is 22.5 Å². The first-order valence-corrected chi connectivity index (χ1v) is 7.37. The van der Waals surface area contributed by atoms with E-state index in [4.69, 9.17) is 4.84 Å². The van der Waals surface area contributed by atoms with Crippen molar-refractivity contribution < 1.29 is 23.1 Å². The van der Waals surface area contributed by atoms with Crippen molar-refractivity contribution in [1.29, 1.82) is 0 Å². The molecule has 4 nitrogen and oxygen atoms in total.